The van der Waals surface area contributed by atoms with Crippen LogP contribution in [0, 0.1) is 0 Å². The van der Waals surface area contributed by atoms with Crippen LogP contribution in [0.15, 0.2) is 54.6 Å². The fourth-order valence-electron chi connectivity index (χ4n) is 2.17. The summed E-state index contributed by atoms with van der Waals surface area (Å²) in [7, 11) is -1.47. The minimum Gasteiger partial charge on any atom is -0.423 e. The van der Waals surface area contributed by atoms with Crippen molar-refractivity contribution >= 4 is 39.9 Å². The molecule has 110 valence electrons. The lowest BCUT2D eigenvalue weighted by Gasteiger charge is -2.05. The van der Waals surface area contributed by atoms with Crippen molar-refractivity contribution in [3.8, 4) is 0 Å². The first-order valence-electron chi connectivity index (χ1n) is 6.85. The van der Waals surface area contributed by atoms with Gasteiger partial charge in [0.05, 0.1) is 4.88 Å². The third-order valence-corrected chi connectivity index (χ3v) is 4.50. The molecule has 0 fully saturated rings. The largest absolute Gasteiger partial charge is 0.488 e. The van der Waals surface area contributed by atoms with E-state index in [0.717, 1.165) is 15.6 Å². The highest BCUT2D eigenvalue weighted by atomic mass is 32.1. The van der Waals surface area contributed by atoms with Gasteiger partial charge in [0, 0.05) is 11.2 Å². The highest BCUT2D eigenvalue weighted by Gasteiger charge is 2.11. The van der Waals surface area contributed by atoms with Gasteiger partial charge in [-0.25, -0.2) is 0 Å². The standard InChI is InChI=1S/C16H14BNO3S/c19-16(15-9-12-3-1-2-4-14(12)22-15)18-10-11-5-7-13(8-6-11)17(20)21/h1-9,20-21H,10H2,(H,18,19). The number of nitrogens with one attached hydrogen (secondary N) is 1. The van der Waals surface area contributed by atoms with E-state index in [-0.39, 0.29) is 5.91 Å². The Morgan fingerprint density at radius 2 is 1.82 bits per heavy atom. The molecule has 2 aromatic carbocycles. The minimum absolute atomic E-state index is 0.104. The molecule has 1 amide bonds. The lowest BCUT2D eigenvalue weighted by Crippen LogP contribution is -2.29. The van der Waals surface area contributed by atoms with Crippen LogP contribution in [0.3, 0.4) is 0 Å². The van der Waals surface area contributed by atoms with Crippen LogP contribution in [-0.4, -0.2) is 23.1 Å². The van der Waals surface area contributed by atoms with Crippen molar-refractivity contribution in [3.63, 3.8) is 0 Å². The zero-order chi connectivity index (χ0) is 15.5. The SMILES string of the molecule is O=C(NCc1ccc(B(O)O)cc1)c1cc2ccccc2s1. The van der Waals surface area contributed by atoms with Gasteiger partial charge in [0.2, 0.25) is 0 Å². The number of amides is 1. The maximum Gasteiger partial charge on any atom is 0.488 e. The normalized spacial score (nSPS) is 10.6. The first-order chi connectivity index (χ1) is 10.6. The lowest BCUT2D eigenvalue weighted by molar-refractivity contribution is 0.0955. The number of benzene rings is 2. The van der Waals surface area contributed by atoms with Crippen molar-refractivity contribution in [1.82, 2.24) is 5.32 Å². The highest BCUT2D eigenvalue weighted by Crippen LogP contribution is 2.25. The second kappa shape index (κ2) is 6.31. The van der Waals surface area contributed by atoms with Gasteiger partial charge in [-0.1, -0.05) is 42.5 Å². The molecule has 0 aliphatic rings. The zero-order valence-corrected chi connectivity index (χ0v) is 12.5. The summed E-state index contributed by atoms with van der Waals surface area (Å²) in [5, 5.41) is 22.0. The van der Waals surface area contributed by atoms with Crippen LogP contribution in [0.2, 0.25) is 0 Å². The van der Waals surface area contributed by atoms with Crippen molar-refractivity contribution in [1.29, 1.82) is 0 Å². The molecule has 0 bridgehead atoms. The number of fused-ring (bicyclic) bond motifs is 1. The zero-order valence-electron chi connectivity index (χ0n) is 11.7. The highest BCUT2D eigenvalue weighted by molar-refractivity contribution is 7.20. The number of hydrogen-bond acceptors (Lipinski definition) is 4. The van der Waals surface area contributed by atoms with Crippen LogP contribution >= 0.6 is 11.3 Å². The van der Waals surface area contributed by atoms with E-state index in [1.54, 1.807) is 24.3 Å². The molecule has 22 heavy (non-hydrogen) atoms. The Bertz CT molecular complexity index is 766. The van der Waals surface area contributed by atoms with E-state index in [9.17, 15) is 4.79 Å². The van der Waals surface area contributed by atoms with Gasteiger partial charge in [-0.2, -0.15) is 0 Å². The summed E-state index contributed by atoms with van der Waals surface area (Å²) in [6.45, 7) is 0.398. The molecular formula is C16H14BNO3S. The third kappa shape index (κ3) is 3.19. The van der Waals surface area contributed by atoms with Gasteiger partial charge in [-0.3, -0.25) is 4.79 Å². The van der Waals surface area contributed by atoms with Crippen LogP contribution in [0.5, 0.6) is 0 Å². The molecular weight excluding hydrogens is 297 g/mol. The average molecular weight is 311 g/mol. The monoisotopic (exact) mass is 311 g/mol. The summed E-state index contributed by atoms with van der Waals surface area (Å²) < 4.78 is 1.09. The molecule has 0 saturated heterocycles. The number of carbonyl (C=O) groups is 1. The van der Waals surface area contributed by atoms with Crippen molar-refractivity contribution in [2.45, 2.75) is 6.54 Å². The predicted molar refractivity (Wildman–Crippen MR) is 89.3 cm³/mol. The third-order valence-electron chi connectivity index (χ3n) is 3.38. The summed E-state index contributed by atoms with van der Waals surface area (Å²) in [4.78, 5) is 12.9. The van der Waals surface area contributed by atoms with Crippen LogP contribution in [0.25, 0.3) is 10.1 Å². The Labute approximate surface area is 132 Å². The van der Waals surface area contributed by atoms with Gasteiger partial charge in [0.1, 0.15) is 0 Å². The molecule has 0 radical (unpaired) electrons. The van der Waals surface area contributed by atoms with E-state index >= 15 is 0 Å². The smallest absolute Gasteiger partial charge is 0.423 e. The molecule has 0 saturated carbocycles. The van der Waals surface area contributed by atoms with E-state index in [1.807, 2.05) is 30.3 Å². The Hall–Kier alpha value is -2.15. The van der Waals surface area contributed by atoms with Crippen molar-refractivity contribution in [2.24, 2.45) is 0 Å². The maximum absolute atomic E-state index is 12.2. The number of hydrogen-bond donors (Lipinski definition) is 3. The molecule has 0 atom stereocenters. The van der Waals surface area contributed by atoms with Gasteiger partial charge in [0.25, 0.3) is 5.91 Å². The van der Waals surface area contributed by atoms with Crippen LogP contribution in [0.4, 0.5) is 0 Å². The first-order valence-corrected chi connectivity index (χ1v) is 7.67. The first kappa shape index (κ1) is 14.8. The summed E-state index contributed by atoms with van der Waals surface area (Å²) in [6.07, 6.45) is 0. The molecule has 3 aromatic rings. The van der Waals surface area contributed by atoms with E-state index < -0.39 is 7.12 Å². The lowest BCUT2D eigenvalue weighted by atomic mass is 9.80. The maximum atomic E-state index is 12.2. The van der Waals surface area contributed by atoms with Crippen molar-refractivity contribution in [2.75, 3.05) is 0 Å². The van der Waals surface area contributed by atoms with E-state index in [2.05, 4.69) is 5.32 Å². The fraction of sp³-hybridized carbons (Fsp3) is 0.0625. The summed E-state index contributed by atoms with van der Waals surface area (Å²) >= 11 is 1.47. The molecule has 0 aliphatic carbocycles. The van der Waals surface area contributed by atoms with E-state index in [1.165, 1.54) is 11.3 Å². The van der Waals surface area contributed by atoms with Crippen LogP contribution < -0.4 is 10.8 Å². The van der Waals surface area contributed by atoms with Gasteiger partial charge >= 0.3 is 7.12 Å². The van der Waals surface area contributed by atoms with Crippen molar-refractivity contribution in [3.05, 3.63) is 65.0 Å². The number of thiophene rings is 1. The molecule has 0 unspecified atom stereocenters. The average Bonchev–Trinajstić information content (AvgIpc) is 2.97. The molecule has 1 heterocycles. The Morgan fingerprint density at radius 3 is 2.50 bits per heavy atom. The summed E-state index contributed by atoms with van der Waals surface area (Å²) in [5.74, 6) is -0.104. The second-order valence-corrected chi connectivity index (χ2v) is 6.03. The molecule has 3 rings (SSSR count). The predicted octanol–water partition coefficient (Wildman–Crippen LogP) is 1.51. The Morgan fingerprint density at radius 1 is 1.09 bits per heavy atom. The molecule has 0 spiro atoms. The van der Waals surface area contributed by atoms with Crippen LogP contribution in [-0.2, 0) is 6.54 Å². The molecule has 0 aliphatic heterocycles. The quantitative estimate of drug-likeness (QED) is 0.640. The minimum atomic E-state index is -1.47. The van der Waals surface area contributed by atoms with E-state index in [0.29, 0.717) is 16.9 Å². The number of rotatable bonds is 4. The molecule has 6 heteroatoms. The second-order valence-electron chi connectivity index (χ2n) is 4.95. The fourth-order valence-corrected chi connectivity index (χ4v) is 3.15. The molecule has 1 aromatic heterocycles. The van der Waals surface area contributed by atoms with Crippen LogP contribution in [0.1, 0.15) is 15.2 Å². The molecule has 4 nitrogen and oxygen atoms in total. The van der Waals surface area contributed by atoms with Gasteiger partial charge in [-0.05, 0) is 28.5 Å². The van der Waals surface area contributed by atoms with Gasteiger partial charge < -0.3 is 15.4 Å². The topological polar surface area (TPSA) is 69.6 Å². The molecule has 3 N–H and O–H groups in total. The Kier molecular flexibility index (Phi) is 4.24. The summed E-state index contributed by atoms with van der Waals surface area (Å²) in [5.41, 5.74) is 1.33. The van der Waals surface area contributed by atoms with E-state index in [4.69, 9.17) is 10.0 Å². The van der Waals surface area contributed by atoms with Crippen molar-refractivity contribution < 1.29 is 14.8 Å². The van der Waals surface area contributed by atoms with Gasteiger partial charge in [0.15, 0.2) is 0 Å². The number of carbonyl (C=O) groups excluding carboxylic acids is 1. The summed E-state index contributed by atoms with van der Waals surface area (Å²) in [6, 6.07) is 16.6. The Balaban J connectivity index is 1.66. The van der Waals surface area contributed by atoms with Gasteiger partial charge in [-0.15, -0.1) is 11.3 Å².